The molecule has 94 valence electrons. The van der Waals surface area contributed by atoms with Crippen molar-refractivity contribution in [1.82, 2.24) is 4.98 Å². The number of nitrogens with zero attached hydrogens (tertiary/aromatic N) is 1. The van der Waals surface area contributed by atoms with E-state index in [9.17, 15) is 8.42 Å². The third kappa shape index (κ3) is 2.98. The second-order valence-corrected chi connectivity index (χ2v) is 5.91. The molecule has 0 fully saturated rings. The SMILES string of the molecule is CS(=O)(=O)c1ccc(Nc2cc(N)ccn2)cc1. The average molecular weight is 263 g/mol. The lowest BCUT2D eigenvalue weighted by Gasteiger charge is -2.06. The Kier molecular flexibility index (Phi) is 3.20. The van der Waals surface area contributed by atoms with E-state index in [4.69, 9.17) is 5.73 Å². The van der Waals surface area contributed by atoms with Crippen molar-refractivity contribution in [1.29, 1.82) is 0 Å². The van der Waals surface area contributed by atoms with Crippen LogP contribution in [0.15, 0.2) is 47.5 Å². The fraction of sp³-hybridized carbons (Fsp3) is 0.0833. The highest BCUT2D eigenvalue weighted by Gasteiger charge is 2.06. The van der Waals surface area contributed by atoms with Crippen molar-refractivity contribution in [2.24, 2.45) is 0 Å². The summed E-state index contributed by atoms with van der Waals surface area (Å²) in [6.45, 7) is 0. The number of hydrogen-bond donors (Lipinski definition) is 2. The molecule has 0 atom stereocenters. The molecule has 0 aliphatic heterocycles. The van der Waals surface area contributed by atoms with Gasteiger partial charge in [0.05, 0.1) is 4.90 Å². The van der Waals surface area contributed by atoms with Crippen molar-refractivity contribution < 1.29 is 8.42 Å². The van der Waals surface area contributed by atoms with Crippen LogP contribution >= 0.6 is 0 Å². The smallest absolute Gasteiger partial charge is 0.175 e. The van der Waals surface area contributed by atoms with Crippen LogP contribution in [0, 0.1) is 0 Å². The number of aromatic nitrogens is 1. The van der Waals surface area contributed by atoms with Crippen molar-refractivity contribution >= 4 is 27.0 Å². The number of anilines is 3. The van der Waals surface area contributed by atoms with E-state index in [2.05, 4.69) is 10.3 Å². The second kappa shape index (κ2) is 4.66. The minimum absolute atomic E-state index is 0.286. The quantitative estimate of drug-likeness (QED) is 0.882. The normalized spacial score (nSPS) is 11.2. The highest BCUT2D eigenvalue weighted by molar-refractivity contribution is 7.90. The Morgan fingerprint density at radius 2 is 1.83 bits per heavy atom. The van der Waals surface area contributed by atoms with Gasteiger partial charge in [-0.05, 0) is 30.3 Å². The van der Waals surface area contributed by atoms with Crippen LogP contribution in [0.3, 0.4) is 0 Å². The van der Waals surface area contributed by atoms with Gasteiger partial charge in [0.1, 0.15) is 5.82 Å². The molecule has 0 unspecified atom stereocenters. The first-order chi connectivity index (χ1) is 8.45. The Labute approximate surface area is 106 Å². The first-order valence-corrected chi connectivity index (χ1v) is 7.13. The largest absolute Gasteiger partial charge is 0.399 e. The third-order valence-corrected chi connectivity index (χ3v) is 3.47. The Morgan fingerprint density at radius 1 is 1.17 bits per heavy atom. The fourth-order valence-electron chi connectivity index (χ4n) is 1.45. The number of rotatable bonds is 3. The molecule has 1 heterocycles. The van der Waals surface area contributed by atoms with Gasteiger partial charge >= 0.3 is 0 Å². The van der Waals surface area contributed by atoms with Crippen LogP contribution in [0.2, 0.25) is 0 Å². The van der Waals surface area contributed by atoms with Gasteiger partial charge in [-0.15, -0.1) is 0 Å². The molecular weight excluding hydrogens is 250 g/mol. The van der Waals surface area contributed by atoms with E-state index in [-0.39, 0.29) is 4.90 Å². The molecule has 0 aliphatic rings. The minimum atomic E-state index is -3.16. The molecule has 18 heavy (non-hydrogen) atoms. The van der Waals surface area contributed by atoms with Crippen molar-refractivity contribution in [3.63, 3.8) is 0 Å². The molecule has 2 rings (SSSR count). The predicted octanol–water partition coefficient (Wildman–Crippen LogP) is 1.81. The zero-order valence-corrected chi connectivity index (χ0v) is 10.6. The van der Waals surface area contributed by atoms with Gasteiger partial charge in [0.2, 0.25) is 0 Å². The van der Waals surface area contributed by atoms with Gasteiger partial charge in [-0.25, -0.2) is 13.4 Å². The van der Waals surface area contributed by atoms with Gasteiger partial charge in [0, 0.05) is 29.9 Å². The summed E-state index contributed by atoms with van der Waals surface area (Å²) in [5.74, 6) is 0.613. The topological polar surface area (TPSA) is 85.1 Å². The summed E-state index contributed by atoms with van der Waals surface area (Å²) in [6, 6.07) is 9.85. The summed E-state index contributed by atoms with van der Waals surface area (Å²) in [6.07, 6.45) is 2.78. The Morgan fingerprint density at radius 3 is 2.39 bits per heavy atom. The first kappa shape index (κ1) is 12.4. The summed E-state index contributed by atoms with van der Waals surface area (Å²) in [5, 5.41) is 3.04. The van der Waals surface area contributed by atoms with Crippen LogP contribution < -0.4 is 11.1 Å². The number of nitrogens with one attached hydrogen (secondary N) is 1. The van der Waals surface area contributed by atoms with Crippen LogP contribution in [-0.2, 0) is 9.84 Å². The molecule has 3 N–H and O–H groups in total. The number of hydrogen-bond acceptors (Lipinski definition) is 5. The van der Waals surface area contributed by atoms with E-state index >= 15 is 0 Å². The number of benzene rings is 1. The van der Waals surface area contributed by atoms with Crippen molar-refractivity contribution in [2.75, 3.05) is 17.3 Å². The molecule has 0 aliphatic carbocycles. The van der Waals surface area contributed by atoms with Gasteiger partial charge in [-0.3, -0.25) is 0 Å². The lowest BCUT2D eigenvalue weighted by atomic mass is 10.3. The molecule has 2 aromatic rings. The maximum atomic E-state index is 11.3. The van der Waals surface area contributed by atoms with Gasteiger partial charge in [0.25, 0.3) is 0 Å². The molecule has 0 spiro atoms. The van der Waals surface area contributed by atoms with Crippen molar-refractivity contribution in [2.45, 2.75) is 4.90 Å². The van der Waals surface area contributed by atoms with E-state index in [1.807, 2.05) is 0 Å². The maximum absolute atomic E-state index is 11.3. The second-order valence-electron chi connectivity index (χ2n) is 3.90. The number of sulfone groups is 1. The molecule has 1 aromatic carbocycles. The fourth-order valence-corrected chi connectivity index (χ4v) is 2.08. The van der Waals surface area contributed by atoms with Gasteiger partial charge in [-0.2, -0.15) is 0 Å². The third-order valence-electron chi connectivity index (χ3n) is 2.34. The van der Waals surface area contributed by atoms with Crippen molar-refractivity contribution in [3.05, 3.63) is 42.6 Å². The Bertz CT molecular complexity index is 651. The van der Waals surface area contributed by atoms with Crippen LogP contribution in [-0.4, -0.2) is 19.7 Å². The molecule has 0 bridgehead atoms. The summed E-state index contributed by atoms with van der Waals surface area (Å²) >= 11 is 0. The summed E-state index contributed by atoms with van der Waals surface area (Å²) in [7, 11) is -3.16. The first-order valence-electron chi connectivity index (χ1n) is 5.24. The van der Waals surface area contributed by atoms with Crippen LogP contribution in [0.5, 0.6) is 0 Å². The molecular formula is C12H13N3O2S. The highest BCUT2D eigenvalue weighted by atomic mass is 32.2. The molecule has 5 nitrogen and oxygen atoms in total. The predicted molar refractivity (Wildman–Crippen MR) is 71.5 cm³/mol. The standard InChI is InChI=1S/C12H13N3O2S/c1-18(16,17)11-4-2-10(3-5-11)15-12-8-9(13)6-7-14-12/h2-8H,1H3,(H3,13,14,15). The van der Waals surface area contributed by atoms with E-state index in [1.165, 1.54) is 6.26 Å². The molecule has 0 saturated heterocycles. The van der Waals surface area contributed by atoms with E-state index in [1.54, 1.807) is 42.6 Å². The van der Waals surface area contributed by atoms with E-state index in [0.29, 0.717) is 11.5 Å². The Balaban J connectivity index is 2.21. The van der Waals surface area contributed by atoms with E-state index < -0.39 is 9.84 Å². The van der Waals surface area contributed by atoms with Gasteiger partial charge in [0.15, 0.2) is 9.84 Å². The molecule has 1 aromatic heterocycles. The monoisotopic (exact) mass is 263 g/mol. The molecule has 0 radical (unpaired) electrons. The molecule has 0 saturated carbocycles. The number of pyridine rings is 1. The summed E-state index contributed by atoms with van der Waals surface area (Å²) in [5.41, 5.74) is 7.00. The number of nitrogen functional groups attached to an aromatic ring is 1. The van der Waals surface area contributed by atoms with Crippen LogP contribution in [0.1, 0.15) is 0 Å². The minimum Gasteiger partial charge on any atom is -0.399 e. The zero-order valence-electron chi connectivity index (χ0n) is 9.79. The number of nitrogens with two attached hydrogens (primary N) is 1. The van der Waals surface area contributed by atoms with Gasteiger partial charge < -0.3 is 11.1 Å². The molecule has 6 heteroatoms. The Hall–Kier alpha value is -2.08. The average Bonchev–Trinajstić information content (AvgIpc) is 2.28. The summed E-state index contributed by atoms with van der Waals surface area (Å²) in [4.78, 5) is 4.38. The highest BCUT2D eigenvalue weighted by Crippen LogP contribution is 2.18. The zero-order chi connectivity index (χ0) is 13.2. The van der Waals surface area contributed by atoms with Gasteiger partial charge in [-0.1, -0.05) is 0 Å². The van der Waals surface area contributed by atoms with Crippen LogP contribution in [0.25, 0.3) is 0 Å². The van der Waals surface area contributed by atoms with Crippen molar-refractivity contribution in [3.8, 4) is 0 Å². The summed E-state index contributed by atoms with van der Waals surface area (Å²) < 4.78 is 22.6. The van der Waals surface area contributed by atoms with E-state index in [0.717, 1.165) is 5.69 Å². The lowest BCUT2D eigenvalue weighted by molar-refractivity contribution is 0.602. The van der Waals surface area contributed by atoms with Crippen LogP contribution in [0.4, 0.5) is 17.2 Å². The molecule has 0 amide bonds. The lowest BCUT2D eigenvalue weighted by Crippen LogP contribution is -1.98. The maximum Gasteiger partial charge on any atom is 0.175 e.